The zero-order chi connectivity index (χ0) is 11.5. The van der Waals surface area contributed by atoms with Gasteiger partial charge in [0, 0.05) is 11.4 Å². The van der Waals surface area contributed by atoms with Gasteiger partial charge in [0.15, 0.2) is 0 Å². The summed E-state index contributed by atoms with van der Waals surface area (Å²) in [6.07, 6.45) is 1.85. The third-order valence-corrected chi connectivity index (χ3v) is 2.56. The molecule has 0 radical (unpaired) electrons. The lowest BCUT2D eigenvalue weighted by Crippen LogP contribution is -1.88. The molecule has 0 amide bonds. The Morgan fingerprint density at radius 2 is 1.50 bits per heavy atom. The van der Waals surface area contributed by atoms with Crippen LogP contribution in [0.25, 0.3) is 17.2 Å². The Hall–Kier alpha value is -1.89. The zero-order valence-corrected chi connectivity index (χ0v) is 9.70. The van der Waals surface area contributed by atoms with Crippen LogP contribution in [0.4, 0.5) is 0 Å². The Kier molecular flexibility index (Phi) is 2.86. The molecule has 80 valence electrons. The molecule has 0 aliphatic heterocycles. The second kappa shape index (κ2) is 4.31. The van der Waals surface area contributed by atoms with Crippen LogP contribution in [0.5, 0.6) is 0 Å². The number of nitrogens with zero attached hydrogens (tertiary/aromatic N) is 1. The summed E-state index contributed by atoms with van der Waals surface area (Å²) < 4.78 is 0. The van der Waals surface area contributed by atoms with E-state index in [0.29, 0.717) is 0 Å². The lowest BCUT2D eigenvalue weighted by Gasteiger charge is -2.05. The number of hydrogen-bond acceptors (Lipinski definition) is 1. The van der Waals surface area contributed by atoms with Crippen molar-refractivity contribution < 1.29 is 0 Å². The van der Waals surface area contributed by atoms with Crippen LogP contribution in [-0.2, 0) is 0 Å². The first-order valence-corrected chi connectivity index (χ1v) is 5.37. The second-order valence-electron chi connectivity index (χ2n) is 3.96. The van der Waals surface area contributed by atoms with Gasteiger partial charge in [0.1, 0.15) is 0 Å². The number of rotatable bonds is 2. The van der Waals surface area contributed by atoms with Crippen molar-refractivity contribution in [2.75, 3.05) is 0 Å². The Morgan fingerprint density at radius 1 is 0.938 bits per heavy atom. The van der Waals surface area contributed by atoms with E-state index in [-0.39, 0.29) is 0 Å². The van der Waals surface area contributed by atoms with Crippen molar-refractivity contribution in [1.29, 1.82) is 0 Å². The lowest BCUT2D eigenvalue weighted by atomic mass is 10.0. The fraction of sp³-hybridized carbons (Fsp3) is 0.133. The maximum absolute atomic E-state index is 4.38. The highest BCUT2D eigenvalue weighted by molar-refractivity contribution is 5.66. The largest absolute Gasteiger partial charge is 0.258 e. The smallest absolute Gasteiger partial charge is 0.0382 e. The molecule has 0 spiro atoms. The standard InChI is InChI=1S/C15H15N/c1-4-13-5-7-14(8-6-13)15-9-11(2)16-12(3)10-15/h4-10H,1H2,2-3H3. The number of pyridine rings is 1. The summed E-state index contributed by atoms with van der Waals surface area (Å²) in [5.41, 5.74) is 5.71. The van der Waals surface area contributed by atoms with Gasteiger partial charge in [0.2, 0.25) is 0 Å². The fourth-order valence-electron chi connectivity index (χ4n) is 1.81. The van der Waals surface area contributed by atoms with Crippen molar-refractivity contribution in [1.82, 2.24) is 4.98 Å². The van der Waals surface area contributed by atoms with Crippen molar-refractivity contribution in [3.05, 3.63) is 59.9 Å². The van der Waals surface area contributed by atoms with Crippen LogP contribution >= 0.6 is 0 Å². The summed E-state index contributed by atoms with van der Waals surface area (Å²) in [6, 6.07) is 12.6. The summed E-state index contributed by atoms with van der Waals surface area (Å²) in [6.45, 7) is 7.80. The quantitative estimate of drug-likeness (QED) is 0.728. The first kappa shape index (κ1) is 10.6. The molecule has 0 fully saturated rings. The van der Waals surface area contributed by atoms with Gasteiger partial charge in [0.25, 0.3) is 0 Å². The SMILES string of the molecule is C=Cc1ccc(-c2cc(C)nc(C)c2)cc1. The van der Waals surface area contributed by atoms with Crippen LogP contribution in [0.3, 0.4) is 0 Å². The van der Waals surface area contributed by atoms with Crippen LogP contribution in [0.15, 0.2) is 43.0 Å². The van der Waals surface area contributed by atoms with Crippen LogP contribution < -0.4 is 0 Å². The molecule has 1 heterocycles. The zero-order valence-electron chi connectivity index (χ0n) is 9.70. The van der Waals surface area contributed by atoms with Gasteiger partial charge >= 0.3 is 0 Å². The van der Waals surface area contributed by atoms with Gasteiger partial charge in [-0.25, -0.2) is 0 Å². The van der Waals surface area contributed by atoms with Crippen LogP contribution in [0.1, 0.15) is 17.0 Å². The fourth-order valence-corrected chi connectivity index (χ4v) is 1.81. The van der Waals surface area contributed by atoms with E-state index in [1.165, 1.54) is 11.1 Å². The molecule has 0 saturated heterocycles. The highest BCUT2D eigenvalue weighted by atomic mass is 14.7. The van der Waals surface area contributed by atoms with Gasteiger partial charge in [-0.3, -0.25) is 4.98 Å². The Morgan fingerprint density at radius 3 is 2.00 bits per heavy atom. The summed E-state index contributed by atoms with van der Waals surface area (Å²) in [7, 11) is 0. The minimum atomic E-state index is 1.06. The third kappa shape index (κ3) is 2.19. The van der Waals surface area contributed by atoms with Gasteiger partial charge in [-0.05, 0) is 42.7 Å². The van der Waals surface area contributed by atoms with Crippen molar-refractivity contribution in [2.45, 2.75) is 13.8 Å². The van der Waals surface area contributed by atoms with E-state index in [0.717, 1.165) is 17.0 Å². The molecule has 1 aromatic carbocycles. The maximum Gasteiger partial charge on any atom is 0.0382 e. The Balaban J connectivity index is 2.45. The van der Waals surface area contributed by atoms with Gasteiger partial charge in [0.05, 0.1) is 0 Å². The molecule has 0 saturated carbocycles. The first-order chi connectivity index (χ1) is 7.69. The van der Waals surface area contributed by atoms with E-state index >= 15 is 0 Å². The third-order valence-electron chi connectivity index (χ3n) is 2.56. The van der Waals surface area contributed by atoms with Gasteiger partial charge < -0.3 is 0 Å². The van der Waals surface area contributed by atoms with Crippen molar-refractivity contribution >= 4 is 6.08 Å². The molecule has 1 nitrogen and oxygen atoms in total. The first-order valence-electron chi connectivity index (χ1n) is 5.37. The molecule has 0 N–H and O–H groups in total. The molecule has 0 aliphatic rings. The molecule has 1 aromatic heterocycles. The van der Waals surface area contributed by atoms with E-state index in [1.807, 2.05) is 19.9 Å². The van der Waals surface area contributed by atoms with Gasteiger partial charge in [-0.2, -0.15) is 0 Å². The van der Waals surface area contributed by atoms with Crippen LogP contribution in [-0.4, -0.2) is 4.98 Å². The van der Waals surface area contributed by atoms with Crippen molar-refractivity contribution in [3.8, 4) is 11.1 Å². The summed E-state index contributed by atoms with van der Waals surface area (Å²) >= 11 is 0. The van der Waals surface area contributed by atoms with Gasteiger partial charge in [-0.15, -0.1) is 0 Å². The van der Waals surface area contributed by atoms with E-state index < -0.39 is 0 Å². The van der Waals surface area contributed by atoms with Crippen molar-refractivity contribution in [3.63, 3.8) is 0 Å². The molecular formula is C15H15N. The minimum Gasteiger partial charge on any atom is -0.258 e. The number of benzene rings is 1. The number of aromatic nitrogens is 1. The second-order valence-corrected chi connectivity index (χ2v) is 3.96. The predicted octanol–water partition coefficient (Wildman–Crippen LogP) is 4.01. The molecule has 0 aliphatic carbocycles. The Labute approximate surface area is 96.5 Å². The molecule has 2 rings (SSSR count). The average Bonchev–Trinajstić information content (AvgIpc) is 2.28. The van der Waals surface area contributed by atoms with E-state index in [9.17, 15) is 0 Å². The highest BCUT2D eigenvalue weighted by Crippen LogP contribution is 2.21. The van der Waals surface area contributed by atoms with E-state index in [2.05, 4.69) is 48.0 Å². The maximum atomic E-state index is 4.38. The van der Waals surface area contributed by atoms with Crippen LogP contribution in [0, 0.1) is 13.8 Å². The monoisotopic (exact) mass is 209 g/mol. The molecule has 0 bridgehead atoms. The number of aryl methyl sites for hydroxylation is 2. The highest BCUT2D eigenvalue weighted by Gasteiger charge is 2.00. The lowest BCUT2D eigenvalue weighted by molar-refractivity contribution is 1.12. The number of hydrogen-bond donors (Lipinski definition) is 0. The molecule has 0 unspecified atom stereocenters. The van der Waals surface area contributed by atoms with E-state index in [4.69, 9.17) is 0 Å². The minimum absolute atomic E-state index is 1.06. The molecule has 0 atom stereocenters. The molecular weight excluding hydrogens is 194 g/mol. The molecule has 2 aromatic rings. The van der Waals surface area contributed by atoms with Crippen molar-refractivity contribution in [2.24, 2.45) is 0 Å². The summed E-state index contributed by atoms with van der Waals surface area (Å²) in [4.78, 5) is 4.38. The molecule has 1 heteroatoms. The average molecular weight is 209 g/mol. The normalized spacial score (nSPS) is 10.1. The predicted molar refractivity (Wildman–Crippen MR) is 69.2 cm³/mol. The molecule has 16 heavy (non-hydrogen) atoms. The topological polar surface area (TPSA) is 12.9 Å². The Bertz CT molecular complexity index is 489. The van der Waals surface area contributed by atoms with Crippen LogP contribution in [0.2, 0.25) is 0 Å². The summed E-state index contributed by atoms with van der Waals surface area (Å²) in [5.74, 6) is 0. The summed E-state index contributed by atoms with van der Waals surface area (Å²) in [5, 5.41) is 0. The van der Waals surface area contributed by atoms with Gasteiger partial charge in [-0.1, -0.05) is 36.9 Å². The van der Waals surface area contributed by atoms with E-state index in [1.54, 1.807) is 0 Å².